The van der Waals surface area contributed by atoms with E-state index in [0.717, 1.165) is 0 Å². The lowest BCUT2D eigenvalue weighted by Gasteiger charge is -2.14. The molecular formula is C9H7F3O4. The third kappa shape index (κ3) is 2.31. The molecule has 0 aliphatic carbocycles. The molecule has 0 fully saturated rings. The molecule has 88 valence electrons. The molecule has 0 spiro atoms. The fourth-order valence-corrected chi connectivity index (χ4v) is 1.06. The zero-order valence-electron chi connectivity index (χ0n) is 7.69. The summed E-state index contributed by atoms with van der Waals surface area (Å²) in [6.07, 6.45) is -4.29. The van der Waals surface area contributed by atoms with Gasteiger partial charge in [0.1, 0.15) is 6.10 Å². The van der Waals surface area contributed by atoms with Crippen LogP contribution in [0.5, 0.6) is 0 Å². The topological polar surface area (TPSA) is 77.8 Å². The second-order valence-electron chi connectivity index (χ2n) is 3.03. The Morgan fingerprint density at radius 2 is 1.56 bits per heavy atom. The molecule has 4 nitrogen and oxygen atoms in total. The number of aliphatic carboxylic acids is 1. The standard InChI is InChI=1S/C9H7F3O4/c10-4-1-3(2-5(11)6(4)12)7(13)8(14)9(15)16/h1-2,7-8,13-14H,(H,15,16). The van der Waals surface area contributed by atoms with Gasteiger partial charge in [0.15, 0.2) is 23.6 Å². The quantitative estimate of drug-likeness (QED) is 0.671. The van der Waals surface area contributed by atoms with E-state index in [9.17, 15) is 23.1 Å². The molecule has 3 N–H and O–H groups in total. The summed E-state index contributed by atoms with van der Waals surface area (Å²) in [7, 11) is 0. The number of aliphatic hydroxyl groups excluding tert-OH is 2. The van der Waals surface area contributed by atoms with Crippen molar-refractivity contribution in [3.63, 3.8) is 0 Å². The fraction of sp³-hybridized carbons (Fsp3) is 0.222. The van der Waals surface area contributed by atoms with Crippen LogP contribution in [0.3, 0.4) is 0 Å². The minimum atomic E-state index is -2.25. The number of carboxylic acid groups (broad SMARTS) is 1. The Labute approximate surface area is 87.6 Å². The number of halogens is 3. The molecule has 0 radical (unpaired) electrons. The van der Waals surface area contributed by atoms with Gasteiger partial charge in [0.2, 0.25) is 0 Å². The zero-order chi connectivity index (χ0) is 12.5. The molecule has 16 heavy (non-hydrogen) atoms. The third-order valence-electron chi connectivity index (χ3n) is 1.90. The van der Waals surface area contributed by atoms with E-state index in [0.29, 0.717) is 12.1 Å². The lowest BCUT2D eigenvalue weighted by Crippen LogP contribution is -2.27. The largest absolute Gasteiger partial charge is 0.479 e. The number of hydrogen-bond donors (Lipinski definition) is 3. The maximum absolute atomic E-state index is 12.7. The number of rotatable bonds is 3. The summed E-state index contributed by atoms with van der Waals surface area (Å²) in [6, 6.07) is 0.824. The molecule has 0 aliphatic rings. The molecular weight excluding hydrogens is 229 g/mol. The van der Waals surface area contributed by atoms with Gasteiger partial charge in [-0.05, 0) is 17.7 Å². The maximum Gasteiger partial charge on any atom is 0.335 e. The van der Waals surface area contributed by atoms with E-state index >= 15 is 0 Å². The highest BCUT2D eigenvalue weighted by Gasteiger charge is 2.27. The van der Waals surface area contributed by atoms with Crippen molar-refractivity contribution in [1.29, 1.82) is 0 Å². The number of aliphatic hydroxyl groups is 2. The minimum Gasteiger partial charge on any atom is -0.479 e. The van der Waals surface area contributed by atoms with Crippen molar-refractivity contribution in [2.24, 2.45) is 0 Å². The second-order valence-corrected chi connectivity index (χ2v) is 3.03. The second kappa shape index (κ2) is 4.50. The smallest absolute Gasteiger partial charge is 0.335 e. The Hall–Kier alpha value is -1.60. The molecule has 1 rings (SSSR count). The number of carboxylic acids is 1. The molecule has 1 aromatic carbocycles. The van der Waals surface area contributed by atoms with E-state index in [1.54, 1.807) is 0 Å². The molecule has 0 saturated carbocycles. The van der Waals surface area contributed by atoms with Gasteiger partial charge >= 0.3 is 5.97 Å². The van der Waals surface area contributed by atoms with Crippen molar-refractivity contribution in [1.82, 2.24) is 0 Å². The van der Waals surface area contributed by atoms with Crippen LogP contribution in [-0.2, 0) is 4.79 Å². The first-order valence-electron chi connectivity index (χ1n) is 4.08. The van der Waals surface area contributed by atoms with Gasteiger partial charge in [0.05, 0.1) is 0 Å². The van der Waals surface area contributed by atoms with Crippen molar-refractivity contribution < 1.29 is 33.3 Å². The molecule has 0 aromatic heterocycles. The predicted molar refractivity (Wildman–Crippen MR) is 44.9 cm³/mol. The van der Waals surface area contributed by atoms with Crippen molar-refractivity contribution in [2.75, 3.05) is 0 Å². The van der Waals surface area contributed by atoms with Crippen molar-refractivity contribution in [3.8, 4) is 0 Å². The van der Waals surface area contributed by atoms with Crippen molar-refractivity contribution in [3.05, 3.63) is 35.1 Å². The summed E-state index contributed by atoms with van der Waals surface area (Å²) < 4.78 is 37.9. The first-order chi connectivity index (χ1) is 7.34. The Balaban J connectivity index is 3.10. The average molecular weight is 236 g/mol. The first kappa shape index (κ1) is 12.5. The summed E-state index contributed by atoms with van der Waals surface area (Å²) in [5, 5.41) is 26.5. The van der Waals surface area contributed by atoms with Crippen molar-refractivity contribution >= 4 is 5.97 Å². The van der Waals surface area contributed by atoms with Crippen LogP contribution in [0.2, 0.25) is 0 Å². The van der Waals surface area contributed by atoms with E-state index in [4.69, 9.17) is 10.2 Å². The van der Waals surface area contributed by atoms with E-state index in [1.165, 1.54) is 0 Å². The molecule has 0 heterocycles. The highest BCUT2D eigenvalue weighted by Crippen LogP contribution is 2.21. The predicted octanol–water partition coefficient (Wildman–Crippen LogP) is 0.583. The van der Waals surface area contributed by atoms with Crippen LogP contribution >= 0.6 is 0 Å². The fourth-order valence-electron chi connectivity index (χ4n) is 1.06. The van der Waals surface area contributed by atoms with Gasteiger partial charge < -0.3 is 15.3 Å². The lowest BCUT2D eigenvalue weighted by atomic mass is 10.0. The highest BCUT2D eigenvalue weighted by molar-refractivity contribution is 5.73. The number of hydrogen-bond acceptors (Lipinski definition) is 3. The third-order valence-corrected chi connectivity index (χ3v) is 1.90. The Morgan fingerprint density at radius 1 is 1.12 bits per heavy atom. The van der Waals surface area contributed by atoms with Crippen molar-refractivity contribution in [2.45, 2.75) is 12.2 Å². The summed E-state index contributed by atoms with van der Waals surface area (Å²) in [5.41, 5.74) is -0.564. The zero-order valence-corrected chi connectivity index (χ0v) is 7.69. The van der Waals surface area contributed by atoms with Crippen LogP contribution in [0.15, 0.2) is 12.1 Å². The normalized spacial score (nSPS) is 14.6. The summed E-state index contributed by atoms with van der Waals surface area (Å²) in [4.78, 5) is 10.3. The lowest BCUT2D eigenvalue weighted by molar-refractivity contribution is -0.153. The van der Waals surface area contributed by atoms with E-state index in [2.05, 4.69) is 0 Å². The summed E-state index contributed by atoms with van der Waals surface area (Å²) in [6.45, 7) is 0. The molecule has 2 atom stereocenters. The van der Waals surface area contributed by atoms with Gasteiger partial charge in [-0.25, -0.2) is 18.0 Å². The molecule has 2 unspecified atom stereocenters. The number of benzene rings is 1. The molecule has 1 aromatic rings. The number of carbonyl (C=O) groups is 1. The highest BCUT2D eigenvalue weighted by atomic mass is 19.2. The van der Waals surface area contributed by atoms with Gasteiger partial charge in [0.25, 0.3) is 0 Å². The molecule has 0 aliphatic heterocycles. The van der Waals surface area contributed by atoms with Crippen LogP contribution in [0.4, 0.5) is 13.2 Å². The molecule has 7 heteroatoms. The van der Waals surface area contributed by atoms with E-state index < -0.39 is 41.2 Å². The van der Waals surface area contributed by atoms with Gasteiger partial charge in [-0.1, -0.05) is 0 Å². The van der Waals surface area contributed by atoms with Crippen LogP contribution in [0, 0.1) is 17.5 Å². The van der Waals surface area contributed by atoms with Gasteiger partial charge in [-0.3, -0.25) is 0 Å². The average Bonchev–Trinajstić information content (AvgIpc) is 2.22. The van der Waals surface area contributed by atoms with Crippen LogP contribution < -0.4 is 0 Å². The van der Waals surface area contributed by atoms with Gasteiger partial charge in [-0.2, -0.15) is 0 Å². The molecule has 0 amide bonds. The summed E-state index contributed by atoms with van der Waals surface area (Å²) in [5.74, 6) is -6.66. The monoisotopic (exact) mass is 236 g/mol. The van der Waals surface area contributed by atoms with Gasteiger partial charge in [0, 0.05) is 0 Å². The van der Waals surface area contributed by atoms with E-state index in [-0.39, 0.29) is 0 Å². The molecule has 0 saturated heterocycles. The first-order valence-corrected chi connectivity index (χ1v) is 4.08. The van der Waals surface area contributed by atoms with Crippen LogP contribution in [0.1, 0.15) is 11.7 Å². The van der Waals surface area contributed by atoms with Crippen LogP contribution in [0.25, 0.3) is 0 Å². The maximum atomic E-state index is 12.7. The van der Waals surface area contributed by atoms with Crippen LogP contribution in [-0.4, -0.2) is 27.4 Å². The Bertz CT molecular complexity index is 398. The van der Waals surface area contributed by atoms with E-state index in [1.807, 2.05) is 0 Å². The Morgan fingerprint density at radius 3 is 1.94 bits per heavy atom. The molecule has 0 bridgehead atoms. The SMILES string of the molecule is O=C(O)C(O)C(O)c1cc(F)c(F)c(F)c1. The summed E-state index contributed by atoms with van der Waals surface area (Å²) >= 11 is 0. The minimum absolute atomic E-state index is 0.412. The van der Waals surface area contributed by atoms with Gasteiger partial charge in [-0.15, -0.1) is 0 Å². The Kier molecular flexibility index (Phi) is 3.51.